The zero-order chi connectivity index (χ0) is 45.4. The summed E-state index contributed by atoms with van der Waals surface area (Å²) >= 11 is 0. The van der Waals surface area contributed by atoms with E-state index in [4.69, 9.17) is 47.4 Å². The Hall–Kier alpha value is -2.31. The third-order valence-corrected chi connectivity index (χ3v) is 14.9. The fraction of sp³-hybridized carbons (Fsp3) is 0.776. The summed E-state index contributed by atoms with van der Waals surface area (Å²) in [6.07, 6.45) is 10.7. The number of ether oxygens (including phenoxy) is 10. The van der Waals surface area contributed by atoms with Crippen LogP contribution in [0.1, 0.15) is 93.9 Å². The number of rotatable bonds is 9. The molecule has 6 aliphatic heterocycles. The maximum Gasteiger partial charge on any atom is 0.316 e. The topological polar surface area (TPSA) is 162 Å². The largest absolute Gasteiger partial charge is 0.462 e. The summed E-state index contributed by atoms with van der Waals surface area (Å²) in [5.41, 5.74) is 0.180. The van der Waals surface area contributed by atoms with Crippen LogP contribution in [-0.2, 0) is 52.2 Å². The van der Waals surface area contributed by atoms with Gasteiger partial charge in [-0.25, -0.2) is 0 Å². The third kappa shape index (κ3) is 10.0. The molecule has 4 fully saturated rings. The second-order valence-electron chi connectivity index (χ2n) is 19.3. The van der Waals surface area contributed by atoms with Crippen LogP contribution < -0.4 is 5.32 Å². The lowest BCUT2D eigenvalue weighted by Gasteiger charge is -2.48. The van der Waals surface area contributed by atoms with E-state index in [1.54, 1.807) is 33.3 Å². The van der Waals surface area contributed by atoms with Crippen molar-refractivity contribution in [1.29, 1.82) is 0 Å². The molecule has 0 aromatic carbocycles. The summed E-state index contributed by atoms with van der Waals surface area (Å²) in [6, 6.07) is 0.0442. The minimum atomic E-state index is -1.83. The van der Waals surface area contributed by atoms with Crippen molar-refractivity contribution in [2.75, 3.05) is 27.9 Å². The lowest BCUT2D eigenvalue weighted by atomic mass is 9.71. The van der Waals surface area contributed by atoms with Crippen LogP contribution in [0.25, 0.3) is 0 Å². The molecule has 7 aliphatic rings. The standard InChI is InChI=1S/C49H75NO13/c1-12-26(2)44-29(5)18-19-48(63-44)24-35-21-34(62-48)17-16-28(4)43(27(3)14-13-15-33-25-56-46-42(51)30(6)20-36(47(52)59-35)49(33,46)53)60-40-23-38(55-11)45(32(8)58-40)61-39-22-37(54-10)41(50-9)31(7)57-39/h13-16,18-20,26-27,29,31-32,34-46,50-51,53H,12,17,21-25H2,1-11H3/b14-13+,28-16+,33-15+/t26?,27-,29-,31-,32-,34+,35-,36-,37-,38-,39-,40-,41+,42+,43-,44+,45-,46?,48+,49?/m0/s1. The van der Waals surface area contributed by atoms with Crippen LogP contribution in [-0.4, -0.2) is 141 Å². The van der Waals surface area contributed by atoms with E-state index >= 15 is 0 Å². The van der Waals surface area contributed by atoms with Crippen molar-refractivity contribution in [3.63, 3.8) is 0 Å². The van der Waals surface area contributed by atoms with Crippen molar-refractivity contribution in [2.45, 2.75) is 191 Å². The summed E-state index contributed by atoms with van der Waals surface area (Å²) in [5.74, 6) is -2.51. The third-order valence-electron chi connectivity index (χ3n) is 14.9. The van der Waals surface area contributed by atoms with Crippen molar-refractivity contribution in [1.82, 2.24) is 5.32 Å². The predicted octanol–water partition coefficient (Wildman–Crippen LogP) is 5.60. The zero-order valence-electron chi connectivity index (χ0n) is 39.3. The Balaban J connectivity index is 1.18. The average molecular weight is 886 g/mol. The Bertz CT molecular complexity index is 1750. The first-order valence-electron chi connectivity index (χ1n) is 23.4. The van der Waals surface area contributed by atoms with Gasteiger partial charge in [-0.05, 0) is 69.9 Å². The molecule has 4 saturated heterocycles. The van der Waals surface area contributed by atoms with Crippen LogP contribution in [0, 0.1) is 23.7 Å². The highest BCUT2D eigenvalue weighted by atomic mass is 16.7. The monoisotopic (exact) mass is 886 g/mol. The molecule has 354 valence electrons. The highest BCUT2D eigenvalue weighted by molar-refractivity contribution is 5.78. The zero-order valence-corrected chi connectivity index (χ0v) is 39.3. The van der Waals surface area contributed by atoms with Gasteiger partial charge in [-0.1, -0.05) is 70.6 Å². The minimum Gasteiger partial charge on any atom is -0.462 e. The number of methoxy groups -OCH3 is 2. The highest BCUT2D eigenvalue weighted by Gasteiger charge is 2.60. The molecule has 20 atom stereocenters. The molecule has 0 amide bonds. The number of nitrogens with one attached hydrogen (secondary N) is 1. The van der Waals surface area contributed by atoms with Gasteiger partial charge in [-0.15, -0.1) is 0 Å². The van der Waals surface area contributed by atoms with Crippen LogP contribution in [0.2, 0.25) is 0 Å². The fourth-order valence-corrected chi connectivity index (χ4v) is 11.0. The molecule has 14 nitrogen and oxygen atoms in total. The molecule has 3 N–H and O–H groups in total. The Labute approximate surface area is 374 Å². The number of hydrogen-bond donors (Lipinski definition) is 3. The number of allylic oxidation sites excluding steroid dienone is 2. The Kier molecular flexibility index (Phi) is 15.7. The van der Waals surface area contributed by atoms with Gasteiger partial charge in [0.05, 0.1) is 55.4 Å². The lowest BCUT2D eigenvalue weighted by Crippen LogP contribution is -2.58. The van der Waals surface area contributed by atoms with Gasteiger partial charge in [0.2, 0.25) is 0 Å². The fourth-order valence-electron chi connectivity index (χ4n) is 11.0. The first-order chi connectivity index (χ1) is 30.0. The molecule has 2 bridgehead atoms. The lowest BCUT2D eigenvalue weighted by molar-refractivity contribution is -0.312. The molecule has 1 spiro atoms. The number of aliphatic hydroxyl groups is 2. The van der Waals surface area contributed by atoms with Crippen molar-refractivity contribution < 1.29 is 62.4 Å². The molecule has 6 heterocycles. The molecule has 0 saturated carbocycles. The van der Waals surface area contributed by atoms with Crippen molar-refractivity contribution in [2.24, 2.45) is 23.7 Å². The SMILES string of the molecule is CCC(C)[C@H]1O[C@]2(C=C[C@@H]1C)C[C@@H]1C[C@@H](C/C=C(\C)[C@@H](O[C@H]3C[C@H](OC)[C@@H](O[C@H]4C[C@H](OC)[C@H](NC)[C@H](C)O4)[C@H](C)O3)[C@@H](C)/C=C/C=C3\COC4[C@H](O)C(C)=C[C@@H](C(=O)O1)C34O)O2. The maximum absolute atomic E-state index is 14.4. The van der Waals surface area contributed by atoms with E-state index in [1.165, 1.54) is 0 Å². The Morgan fingerprint density at radius 2 is 1.63 bits per heavy atom. The first kappa shape index (κ1) is 48.6. The predicted molar refractivity (Wildman–Crippen MR) is 234 cm³/mol. The highest BCUT2D eigenvalue weighted by Crippen LogP contribution is 2.47. The molecule has 1 aliphatic carbocycles. The smallest absolute Gasteiger partial charge is 0.316 e. The summed E-state index contributed by atoms with van der Waals surface area (Å²) in [7, 11) is 5.30. The van der Waals surface area contributed by atoms with E-state index in [2.05, 4.69) is 52.1 Å². The van der Waals surface area contributed by atoms with Gasteiger partial charge in [-0.2, -0.15) is 0 Å². The van der Waals surface area contributed by atoms with Crippen LogP contribution >= 0.6 is 0 Å². The molecule has 14 heteroatoms. The van der Waals surface area contributed by atoms with E-state index in [0.717, 1.165) is 12.0 Å². The van der Waals surface area contributed by atoms with E-state index < -0.39 is 66.4 Å². The molecule has 0 aromatic heterocycles. The molecule has 3 unspecified atom stereocenters. The van der Waals surface area contributed by atoms with Crippen LogP contribution in [0.3, 0.4) is 0 Å². The Morgan fingerprint density at radius 3 is 2.35 bits per heavy atom. The summed E-state index contributed by atoms with van der Waals surface area (Å²) in [5, 5.41) is 27.1. The van der Waals surface area contributed by atoms with Crippen molar-refractivity contribution in [3.8, 4) is 0 Å². The second kappa shape index (κ2) is 20.3. The van der Waals surface area contributed by atoms with Crippen LogP contribution in [0.15, 0.2) is 59.3 Å². The number of aliphatic hydroxyl groups excluding tert-OH is 1. The van der Waals surface area contributed by atoms with Gasteiger partial charge >= 0.3 is 5.97 Å². The van der Waals surface area contributed by atoms with Gasteiger partial charge in [0.1, 0.15) is 35.9 Å². The normalized spacial score (nSPS) is 48.6. The molecule has 0 aromatic rings. The Morgan fingerprint density at radius 1 is 0.921 bits per heavy atom. The van der Waals surface area contributed by atoms with E-state index in [-0.39, 0.29) is 67.0 Å². The number of likely N-dealkylation sites (N-methyl/N-ethyl adjacent to an activating group) is 1. The number of carbonyl (C=O) groups excluding carboxylic acids is 1. The van der Waals surface area contributed by atoms with Gasteiger partial charge < -0.3 is 62.9 Å². The van der Waals surface area contributed by atoms with E-state index in [1.807, 2.05) is 39.1 Å². The van der Waals surface area contributed by atoms with Crippen molar-refractivity contribution >= 4 is 5.97 Å². The molecular formula is C49H75NO13. The summed E-state index contributed by atoms with van der Waals surface area (Å²) in [6.45, 7) is 16.4. The molecule has 63 heavy (non-hydrogen) atoms. The summed E-state index contributed by atoms with van der Waals surface area (Å²) < 4.78 is 64.6. The van der Waals surface area contributed by atoms with Crippen LogP contribution in [0.4, 0.5) is 0 Å². The first-order valence-corrected chi connectivity index (χ1v) is 23.4. The number of hydrogen-bond acceptors (Lipinski definition) is 14. The summed E-state index contributed by atoms with van der Waals surface area (Å²) in [4.78, 5) is 14.4. The second-order valence-corrected chi connectivity index (χ2v) is 19.3. The van der Waals surface area contributed by atoms with Crippen molar-refractivity contribution in [3.05, 3.63) is 59.3 Å². The number of fused-ring (bicyclic) bond motifs is 2. The van der Waals surface area contributed by atoms with Gasteiger partial charge in [0, 0.05) is 51.7 Å². The van der Waals surface area contributed by atoms with Gasteiger partial charge in [0.15, 0.2) is 18.4 Å². The van der Waals surface area contributed by atoms with Crippen LogP contribution in [0.5, 0.6) is 0 Å². The molecule has 0 radical (unpaired) electrons. The van der Waals surface area contributed by atoms with Gasteiger partial charge in [-0.3, -0.25) is 4.79 Å². The number of carbonyl (C=O) groups is 1. The number of esters is 1. The molecular weight excluding hydrogens is 811 g/mol. The molecule has 7 rings (SSSR count). The van der Waals surface area contributed by atoms with Gasteiger partial charge in [0.25, 0.3) is 0 Å². The quantitative estimate of drug-likeness (QED) is 0.194. The van der Waals surface area contributed by atoms with E-state index in [9.17, 15) is 15.0 Å². The minimum absolute atomic E-state index is 0.0411. The maximum atomic E-state index is 14.4. The van der Waals surface area contributed by atoms with E-state index in [0.29, 0.717) is 43.3 Å². The average Bonchev–Trinajstić information content (AvgIpc) is 3.60.